The van der Waals surface area contributed by atoms with E-state index in [0.29, 0.717) is 17.7 Å². The van der Waals surface area contributed by atoms with E-state index in [1.165, 1.54) is 25.7 Å². The number of piperidine rings is 1. The van der Waals surface area contributed by atoms with Crippen LogP contribution in [-0.2, 0) is 10.4 Å². The molecule has 4 nitrogen and oxygen atoms in total. The first-order chi connectivity index (χ1) is 11.4. The van der Waals surface area contributed by atoms with E-state index in [2.05, 4.69) is 4.90 Å². The molecule has 1 aliphatic carbocycles. The smallest absolute Gasteiger partial charge is 0.260 e. The van der Waals surface area contributed by atoms with Crippen molar-refractivity contribution in [1.29, 1.82) is 0 Å². The summed E-state index contributed by atoms with van der Waals surface area (Å²) in [6, 6.07) is 7.76. The highest BCUT2D eigenvalue weighted by atomic mass is 16.5. The van der Waals surface area contributed by atoms with E-state index < -0.39 is 5.60 Å². The number of hydrogen-bond acceptors (Lipinski definition) is 3. The number of nitrogens with zero attached hydrogens (tertiary/aromatic N) is 1. The third-order valence-electron chi connectivity index (χ3n) is 5.49. The van der Waals surface area contributed by atoms with Gasteiger partial charge in [-0.2, -0.15) is 0 Å². The van der Waals surface area contributed by atoms with Gasteiger partial charge in [-0.15, -0.1) is 0 Å². The fourth-order valence-electron chi connectivity index (χ4n) is 4.12. The van der Waals surface area contributed by atoms with Gasteiger partial charge in [0.15, 0.2) is 6.61 Å². The van der Waals surface area contributed by atoms with Gasteiger partial charge in [-0.3, -0.25) is 4.79 Å². The highest BCUT2D eigenvalue weighted by molar-refractivity contribution is 5.78. The van der Waals surface area contributed by atoms with E-state index in [1.54, 1.807) is 13.8 Å². The van der Waals surface area contributed by atoms with E-state index in [4.69, 9.17) is 4.74 Å². The number of carbonyl (C=O) groups excluding carboxylic acids is 1. The van der Waals surface area contributed by atoms with Crippen LogP contribution in [0.4, 0.5) is 0 Å². The molecule has 1 aliphatic heterocycles. The average molecular weight is 331 g/mol. The van der Waals surface area contributed by atoms with Crippen molar-refractivity contribution in [2.75, 3.05) is 13.2 Å². The van der Waals surface area contributed by atoms with Crippen molar-refractivity contribution in [3.63, 3.8) is 0 Å². The molecule has 0 spiro atoms. The minimum atomic E-state index is -0.863. The number of aliphatic hydroxyl groups is 1. The maximum Gasteiger partial charge on any atom is 0.260 e. The predicted octanol–water partition coefficient (Wildman–Crippen LogP) is 3.47. The molecule has 4 heteroatoms. The van der Waals surface area contributed by atoms with Crippen LogP contribution in [0.3, 0.4) is 0 Å². The van der Waals surface area contributed by atoms with Gasteiger partial charge in [0, 0.05) is 12.6 Å². The van der Waals surface area contributed by atoms with Crippen molar-refractivity contribution in [2.24, 2.45) is 5.92 Å². The zero-order valence-electron chi connectivity index (χ0n) is 14.8. The van der Waals surface area contributed by atoms with E-state index in [0.717, 1.165) is 24.9 Å². The number of ether oxygens (including phenoxy) is 1. The molecule has 2 fully saturated rings. The van der Waals surface area contributed by atoms with Gasteiger partial charge in [-0.25, -0.2) is 0 Å². The molecule has 1 N–H and O–H groups in total. The highest BCUT2D eigenvalue weighted by Crippen LogP contribution is 2.35. The summed E-state index contributed by atoms with van der Waals surface area (Å²) in [5, 5.41) is 9.98. The van der Waals surface area contributed by atoms with E-state index in [1.807, 2.05) is 24.3 Å². The number of hydrogen-bond donors (Lipinski definition) is 1. The molecule has 1 aromatic carbocycles. The summed E-state index contributed by atoms with van der Waals surface area (Å²) in [6.07, 6.45) is 7.36. The van der Waals surface area contributed by atoms with Gasteiger partial charge < -0.3 is 14.7 Å². The second-order valence-corrected chi connectivity index (χ2v) is 7.71. The molecule has 1 aromatic rings. The first-order valence-electron chi connectivity index (χ1n) is 9.20. The van der Waals surface area contributed by atoms with Crippen LogP contribution in [0.2, 0.25) is 0 Å². The van der Waals surface area contributed by atoms with Crippen molar-refractivity contribution in [3.8, 4) is 5.75 Å². The Kier molecular flexibility index (Phi) is 5.14. The molecule has 2 aliphatic rings. The van der Waals surface area contributed by atoms with Crippen LogP contribution in [0.1, 0.15) is 57.9 Å². The van der Waals surface area contributed by atoms with E-state index in [-0.39, 0.29) is 12.5 Å². The SMILES string of the molecule is CC(C)(O)c1ccc(OCC(=O)N2CCCC3CCCCC32)cc1. The Hall–Kier alpha value is -1.55. The number of benzene rings is 1. The number of likely N-dealkylation sites (tertiary alicyclic amines) is 1. The zero-order valence-corrected chi connectivity index (χ0v) is 14.8. The third-order valence-corrected chi connectivity index (χ3v) is 5.49. The molecule has 0 radical (unpaired) electrons. The van der Waals surface area contributed by atoms with E-state index in [9.17, 15) is 9.90 Å². The van der Waals surface area contributed by atoms with Crippen LogP contribution in [0.5, 0.6) is 5.75 Å². The average Bonchev–Trinajstić information content (AvgIpc) is 2.59. The maximum atomic E-state index is 12.6. The minimum Gasteiger partial charge on any atom is -0.484 e. The van der Waals surface area contributed by atoms with Crippen molar-refractivity contribution < 1.29 is 14.6 Å². The summed E-state index contributed by atoms with van der Waals surface area (Å²) in [5.41, 5.74) is -0.0275. The Morgan fingerprint density at radius 1 is 1.17 bits per heavy atom. The van der Waals surface area contributed by atoms with Gasteiger partial charge in [-0.1, -0.05) is 25.0 Å². The lowest BCUT2D eigenvalue weighted by Crippen LogP contribution is -2.51. The van der Waals surface area contributed by atoms with Crippen LogP contribution in [0, 0.1) is 5.92 Å². The van der Waals surface area contributed by atoms with E-state index >= 15 is 0 Å². The Bertz CT molecular complexity index is 559. The number of rotatable bonds is 4. The largest absolute Gasteiger partial charge is 0.484 e. The molecule has 132 valence electrons. The molecule has 2 unspecified atom stereocenters. The Morgan fingerprint density at radius 3 is 2.54 bits per heavy atom. The van der Waals surface area contributed by atoms with Gasteiger partial charge >= 0.3 is 0 Å². The van der Waals surface area contributed by atoms with Crippen molar-refractivity contribution in [1.82, 2.24) is 4.90 Å². The second kappa shape index (κ2) is 7.14. The quantitative estimate of drug-likeness (QED) is 0.919. The standard InChI is InChI=1S/C20H29NO3/c1-20(2,23)16-9-11-17(12-10-16)24-14-19(22)21-13-5-7-15-6-3-4-8-18(15)21/h9-12,15,18,23H,3-8,13-14H2,1-2H3. The van der Waals surface area contributed by atoms with Crippen molar-refractivity contribution >= 4 is 5.91 Å². The predicted molar refractivity (Wildman–Crippen MR) is 93.9 cm³/mol. The maximum absolute atomic E-state index is 12.6. The Morgan fingerprint density at radius 2 is 1.83 bits per heavy atom. The third kappa shape index (κ3) is 3.92. The van der Waals surface area contributed by atoms with Crippen LogP contribution < -0.4 is 4.74 Å². The summed E-state index contributed by atoms with van der Waals surface area (Å²) in [5.74, 6) is 1.48. The normalized spacial score (nSPS) is 24.4. The van der Waals surface area contributed by atoms with Gasteiger partial charge in [0.25, 0.3) is 5.91 Å². The van der Waals surface area contributed by atoms with Crippen molar-refractivity contribution in [2.45, 2.75) is 64.0 Å². The summed E-state index contributed by atoms with van der Waals surface area (Å²) >= 11 is 0. The topological polar surface area (TPSA) is 49.8 Å². The molecular weight excluding hydrogens is 302 g/mol. The van der Waals surface area contributed by atoms with Crippen LogP contribution >= 0.6 is 0 Å². The monoisotopic (exact) mass is 331 g/mol. The van der Waals surface area contributed by atoms with Gasteiger partial charge in [-0.05, 0) is 63.1 Å². The molecule has 0 aromatic heterocycles. The molecule has 3 rings (SSSR count). The Balaban J connectivity index is 1.57. The molecule has 1 saturated heterocycles. The first-order valence-corrected chi connectivity index (χ1v) is 9.20. The lowest BCUT2D eigenvalue weighted by atomic mass is 9.78. The van der Waals surface area contributed by atoms with Crippen molar-refractivity contribution in [3.05, 3.63) is 29.8 Å². The highest BCUT2D eigenvalue weighted by Gasteiger charge is 2.35. The molecule has 1 heterocycles. The van der Waals surface area contributed by atoms with Gasteiger partial charge in [0.1, 0.15) is 5.75 Å². The van der Waals surface area contributed by atoms with Crippen LogP contribution in [0.25, 0.3) is 0 Å². The number of amides is 1. The lowest BCUT2D eigenvalue weighted by molar-refractivity contribution is -0.139. The Labute approximate surface area is 144 Å². The van der Waals surface area contributed by atoms with Gasteiger partial charge in [0.2, 0.25) is 0 Å². The summed E-state index contributed by atoms with van der Waals surface area (Å²) in [6.45, 7) is 4.48. The van der Waals surface area contributed by atoms with Crippen LogP contribution in [-0.4, -0.2) is 35.1 Å². The molecule has 1 saturated carbocycles. The number of carbonyl (C=O) groups is 1. The summed E-state index contributed by atoms with van der Waals surface area (Å²) in [4.78, 5) is 14.7. The summed E-state index contributed by atoms with van der Waals surface area (Å²) in [7, 11) is 0. The minimum absolute atomic E-state index is 0.102. The summed E-state index contributed by atoms with van der Waals surface area (Å²) < 4.78 is 5.70. The lowest BCUT2D eigenvalue weighted by Gasteiger charge is -2.44. The number of fused-ring (bicyclic) bond motifs is 1. The molecule has 0 bridgehead atoms. The zero-order chi connectivity index (χ0) is 17.2. The molecule has 24 heavy (non-hydrogen) atoms. The van der Waals surface area contributed by atoms with Crippen LogP contribution in [0.15, 0.2) is 24.3 Å². The second-order valence-electron chi connectivity index (χ2n) is 7.71. The molecule has 1 amide bonds. The van der Waals surface area contributed by atoms with Gasteiger partial charge in [0.05, 0.1) is 5.60 Å². The fraction of sp³-hybridized carbons (Fsp3) is 0.650. The fourth-order valence-corrected chi connectivity index (χ4v) is 4.12. The first kappa shape index (κ1) is 17.3. The molecular formula is C20H29NO3. The molecule has 2 atom stereocenters.